The van der Waals surface area contributed by atoms with E-state index in [9.17, 15) is 9.90 Å². The highest BCUT2D eigenvalue weighted by Gasteiger charge is 2.59. The molecule has 0 aromatic carbocycles. The van der Waals surface area contributed by atoms with E-state index >= 15 is 0 Å². The van der Waals surface area contributed by atoms with E-state index < -0.39 is 0 Å². The second-order valence-corrected chi connectivity index (χ2v) is 11.5. The lowest BCUT2D eigenvalue weighted by Gasteiger charge is -2.58. The van der Waals surface area contributed by atoms with E-state index in [-0.39, 0.29) is 12.0 Å². The number of aliphatic hydroxyl groups excluding tert-OH is 1. The minimum atomic E-state index is -0.119. The van der Waals surface area contributed by atoms with Gasteiger partial charge in [-0.1, -0.05) is 46.3 Å². The Bertz CT molecular complexity index is 690. The summed E-state index contributed by atoms with van der Waals surface area (Å²) < 4.78 is 0. The molecule has 8 atom stereocenters. The third kappa shape index (κ3) is 4.43. The molecule has 3 saturated carbocycles. The van der Waals surface area contributed by atoms with Crippen molar-refractivity contribution in [2.24, 2.45) is 40.4 Å². The van der Waals surface area contributed by atoms with Gasteiger partial charge in [-0.05, 0) is 98.2 Å². The van der Waals surface area contributed by atoms with Crippen LogP contribution in [0, 0.1) is 40.4 Å². The Labute approximate surface area is 197 Å². The third-order valence-corrected chi connectivity index (χ3v) is 10.3. The number of hydroxylamine groups is 2. The molecule has 0 saturated heterocycles. The van der Waals surface area contributed by atoms with Crippen LogP contribution in [-0.2, 0) is 9.63 Å². The van der Waals surface area contributed by atoms with Gasteiger partial charge in [0.15, 0.2) is 0 Å². The SMILES string of the molecule is CC.CON(C)C(=O)CC[C@@H](C)C1CCC2C3CC=C4CC(O)CCC4(C)C3CCC21C. The number of carbonyl (C=O) groups is 1. The fraction of sp³-hybridized carbons (Fsp3) is 0.893. The van der Waals surface area contributed by atoms with Gasteiger partial charge in [-0.2, -0.15) is 0 Å². The number of amides is 1. The van der Waals surface area contributed by atoms with Crippen molar-refractivity contribution in [2.45, 2.75) is 105 Å². The molecule has 0 heterocycles. The zero-order chi connectivity index (χ0) is 23.7. The maximum atomic E-state index is 12.2. The largest absolute Gasteiger partial charge is 0.393 e. The molecule has 4 aliphatic rings. The van der Waals surface area contributed by atoms with Crippen LogP contribution in [0.25, 0.3) is 0 Å². The molecular weight excluding hydrogens is 398 g/mol. The molecule has 7 unspecified atom stereocenters. The number of aliphatic hydroxyl groups is 1. The maximum absolute atomic E-state index is 12.2. The number of hydrogen-bond donors (Lipinski definition) is 1. The van der Waals surface area contributed by atoms with E-state index in [0.717, 1.165) is 42.9 Å². The number of hydrogen-bond acceptors (Lipinski definition) is 3. The molecular formula is C28H49NO3. The van der Waals surface area contributed by atoms with E-state index in [2.05, 4.69) is 26.8 Å². The highest BCUT2D eigenvalue weighted by molar-refractivity contribution is 5.74. The summed E-state index contributed by atoms with van der Waals surface area (Å²) in [6, 6.07) is 0. The third-order valence-electron chi connectivity index (χ3n) is 10.3. The molecule has 1 amide bonds. The first-order valence-electron chi connectivity index (χ1n) is 13.4. The van der Waals surface area contributed by atoms with Crippen LogP contribution in [0.4, 0.5) is 0 Å². The monoisotopic (exact) mass is 447 g/mol. The van der Waals surface area contributed by atoms with Crippen molar-refractivity contribution in [3.05, 3.63) is 11.6 Å². The summed E-state index contributed by atoms with van der Waals surface area (Å²) in [4.78, 5) is 17.3. The first-order valence-corrected chi connectivity index (χ1v) is 13.4. The average molecular weight is 448 g/mol. The Balaban J connectivity index is 0.00000141. The first kappa shape index (κ1) is 25.7. The van der Waals surface area contributed by atoms with Crippen molar-refractivity contribution in [3.8, 4) is 0 Å². The maximum Gasteiger partial charge on any atom is 0.245 e. The molecule has 0 aromatic rings. The second kappa shape index (κ2) is 10.2. The summed E-state index contributed by atoms with van der Waals surface area (Å²) >= 11 is 0. The molecule has 4 aliphatic carbocycles. The van der Waals surface area contributed by atoms with Crippen LogP contribution >= 0.6 is 0 Å². The van der Waals surface area contributed by atoms with Crippen molar-refractivity contribution in [1.82, 2.24) is 5.06 Å². The van der Waals surface area contributed by atoms with Gasteiger partial charge in [0.05, 0.1) is 13.2 Å². The zero-order valence-electron chi connectivity index (χ0n) is 21.8. The molecule has 0 aliphatic heterocycles. The molecule has 0 bridgehead atoms. The lowest BCUT2D eigenvalue weighted by molar-refractivity contribution is -0.169. The van der Waals surface area contributed by atoms with Gasteiger partial charge < -0.3 is 5.11 Å². The van der Waals surface area contributed by atoms with Crippen molar-refractivity contribution in [2.75, 3.05) is 14.2 Å². The van der Waals surface area contributed by atoms with Crippen molar-refractivity contribution in [1.29, 1.82) is 0 Å². The summed E-state index contributed by atoms with van der Waals surface area (Å²) in [7, 11) is 3.26. The highest BCUT2D eigenvalue weighted by atomic mass is 16.7. The van der Waals surface area contributed by atoms with Crippen LogP contribution in [0.5, 0.6) is 0 Å². The lowest BCUT2D eigenvalue weighted by atomic mass is 9.47. The minimum Gasteiger partial charge on any atom is -0.393 e. The van der Waals surface area contributed by atoms with Gasteiger partial charge >= 0.3 is 0 Å². The van der Waals surface area contributed by atoms with Gasteiger partial charge in [-0.25, -0.2) is 5.06 Å². The number of nitrogens with zero attached hydrogens (tertiary/aromatic N) is 1. The molecule has 1 N–H and O–H groups in total. The number of rotatable bonds is 5. The Kier molecular flexibility index (Phi) is 8.19. The molecule has 4 rings (SSSR count). The quantitative estimate of drug-likeness (QED) is 0.392. The highest BCUT2D eigenvalue weighted by Crippen LogP contribution is 2.67. The number of carbonyl (C=O) groups excluding carboxylic acids is 1. The fourth-order valence-electron chi connectivity index (χ4n) is 8.43. The van der Waals surface area contributed by atoms with Gasteiger partial charge in [0, 0.05) is 13.5 Å². The molecule has 3 fully saturated rings. The summed E-state index contributed by atoms with van der Waals surface area (Å²) in [6.45, 7) is 11.5. The van der Waals surface area contributed by atoms with E-state index in [1.54, 1.807) is 19.7 Å². The predicted octanol–water partition coefficient (Wildman–Crippen LogP) is 6.39. The second-order valence-electron chi connectivity index (χ2n) is 11.5. The molecule has 4 nitrogen and oxygen atoms in total. The van der Waals surface area contributed by atoms with Gasteiger partial charge in [0.25, 0.3) is 0 Å². The minimum absolute atomic E-state index is 0.0881. The van der Waals surface area contributed by atoms with Crippen LogP contribution in [0.15, 0.2) is 11.6 Å². The van der Waals surface area contributed by atoms with Crippen LogP contribution < -0.4 is 0 Å². The fourth-order valence-corrected chi connectivity index (χ4v) is 8.43. The summed E-state index contributed by atoms with van der Waals surface area (Å²) in [5, 5.41) is 11.6. The van der Waals surface area contributed by atoms with E-state index in [0.29, 0.717) is 23.2 Å². The predicted molar refractivity (Wildman–Crippen MR) is 131 cm³/mol. The molecule has 184 valence electrons. The van der Waals surface area contributed by atoms with Crippen LogP contribution in [0.2, 0.25) is 0 Å². The van der Waals surface area contributed by atoms with Gasteiger partial charge in [-0.3, -0.25) is 9.63 Å². The Morgan fingerprint density at radius 1 is 1.19 bits per heavy atom. The summed E-state index contributed by atoms with van der Waals surface area (Å²) in [5.74, 6) is 3.84. The summed E-state index contributed by atoms with van der Waals surface area (Å²) in [6.07, 6.45) is 13.6. The standard InChI is InChI=1S/C26H43NO3.C2H6/c1-17(6-11-24(29)27(4)30-5)21-9-10-22-20-8-7-18-16-19(28)12-14-25(18,2)23(20)13-15-26(21,22)3;1-2/h7,17,19-23,28H,6,8-16H2,1-5H3;1-2H3/t17-,19?,20?,21?,22?,23?,25?,26?;/m1./s1. The lowest BCUT2D eigenvalue weighted by Crippen LogP contribution is -2.50. The summed E-state index contributed by atoms with van der Waals surface area (Å²) in [5.41, 5.74) is 2.31. The Morgan fingerprint density at radius 2 is 1.91 bits per heavy atom. The van der Waals surface area contributed by atoms with E-state index in [1.807, 2.05) is 13.8 Å². The molecule has 0 radical (unpaired) electrons. The van der Waals surface area contributed by atoms with Crippen LogP contribution in [0.1, 0.15) is 98.8 Å². The van der Waals surface area contributed by atoms with Crippen molar-refractivity contribution < 1.29 is 14.7 Å². The Hall–Kier alpha value is -0.870. The Morgan fingerprint density at radius 3 is 2.59 bits per heavy atom. The first-order chi connectivity index (χ1) is 15.2. The topological polar surface area (TPSA) is 49.8 Å². The normalized spacial score (nSPS) is 41.2. The smallest absolute Gasteiger partial charge is 0.245 e. The van der Waals surface area contributed by atoms with Gasteiger partial charge in [0.1, 0.15) is 0 Å². The molecule has 0 spiro atoms. The van der Waals surface area contributed by atoms with Crippen LogP contribution in [-0.4, -0.2) is 36.3 Å². The van der Waals surface area contributed by atoms with Crippen molar-refractivity contribution >= 4 is 5.91 Å². The van der Waals surface area contributed by atoms with Gasteiger partial charge in [-0.15, -0.1) is 0 Å². The van der Waals surface area contributed by atoms with E-state index in [4.69, 9.17) is 4.84 Å². The van der Waals surface area contributed by atoms with E-state index in [1.165, 1.54) is 43.6 Å². The zero-order valence-corrected chi connectivity index (χ0v) is 21.8. The molecule has 0 aromatic heterocycles. The number of fused-ring (bicyclic) bond motifs is 5. The van der Waals surface area contributed by atoms with Crippen molar-refractivity contribution in [3.63, 3.8) is 0 Å². The molecule has 32 heavy (non-hydrogen) atoms. The van der Waals surface area contributed by atoms with Crippen LogP contribution in [0.3, 0.4) is 0 Å². The number of allylic oxidation sites excluding steroid dienone is 1. The van der Waals surface area contributed by atoms with Gasteiger partial charge in [0.2, 0.25) is 5.91 Å². The average Bonchev–Trinajstić information content (AvgIpc) is 3.15. The molecule has 4 heteroatoms.